The standard InChI is InChI=1S/C18H29N/c1-3-5-6-7-17(19-4-2)18-11-14-8-15(12-18)10-16(9-14)13-18/h14-17,19H,4,6-13H2,1-2H3. The lowest BCUT2D eigenvalue weighted by atomic mass is 9.47. The molecule has 1 unspecified atom stereocenters. The third-order valence-electron chi connectivity index (χ3n) is 6.01. The quantitative estimate of drug-likeness (QED) is 0.736. The van der Waals surface area contributed by atoms with Crippen LogP contribution in [0.1, 0.15) is 65.2 Å². The number of nitrogens with one attached hydrogen (secondary N) is 1. The summed E-state index contributed by atoms with van der Waals surface area (Å²) in [7, 11) is 0. The maximum Gasteiger partial charge on any atom is 0.0133 e. The highest BCUT2D eigenvalue weighted by molar-refractivity contribution is 5.07. The first kappa shape index (κ1) is 13.5. The van der Waals surface area contributed by atoms with Crippen LogP contribution in [0.5, 0.6) is 0 Å². The molecule has 0 amide bonds. The zero-order chi connectivity index (χ0) is 13.3. The van der Waals surface area contributed by atoms with Gasteiger partial charge >= 0.3 is 0 Å². The van der Waals surface area contributed by atoms with Gasteiger partial charge in [0.2, 0.25) is 0 Å². The van der Waals surface area contributed by atoms with Crippen molar-refractivity contribution < 1.29 is 0 Å². The summed E-state index contributed by atoms with van der Waals surface area (Å²) >= 11 is 0. The summed E-state index contributed by atoms with van der Waals surface area (Å²) in [6.07, 6.45) is 11.5. The van der Waals surface area contributed by atoms with Crippen molar-refractivity contribution in [2.45, 2.75) is 71.3 Å². The molecule has 0 aliphatic heterocycles. The second-order valence-electron chi connectivity index (χ2n) is 7.36. The van der Waals surface area contributed by atoms with Crippen LogP contribution in [0, 0.1) is 35.0 Å². The van der Waals surface area contributed by atoms with E-state index in [4.69, 9.17) is 0 Å². The van der Waals surface area contributed by atoms with Crippen molar-refractivity contribution in [1.29, 1.82) is 0 Å². The molecule has 0 heterocycles. The molecule has 0 aromatic heterocycles. The lowest BCUT2D eigenvalue weighted by molar-refractivity contribution is -0.0746. The molecule has 1 atom stereocenters. The van der Waals surface area contributed by atoms with Gasteiger partial charge in [0.15, 0.2) is 0 Å². The normalized spacial score (nSPS) is 40.8. The Hall–Kier alpha value is -0.480. The number of rotatable bonds is 5. The second-order valence-corrected chi connectivity index (χ2v) is 7.36. The summed E-state index contributed by atoms with van der Waals surface area (Å²) in [6, 6.07) is 0.728. The summed E-state index contributed by atoms with van der Waals surface area (Å²) in [5.74, 6) is 9.52. The van der Waals surface area contributed by atoms with E-state index < -0.39 is 0 Å². The highest BCUT2D eigenvalue weighted by Crippen LogP contribution is 2.61. The van der Waals surface area contributed by atoms with E-state index in [1.807, 2.05) is 6.92 Å². The monoisotopic (exact) mass is 259 g/mol. The van der Waals surface area contributed by atoms with Crippen molar-refractivity contribution in [2.24, 2.45) is 23.2 Å². The van der Waals surface area contributed by atoms with Crippen molar-refractivity contribution in [1.82, 2.24) is 5.32 Å². The minimum atomic E-state index is 0.639. The SMILES string of the molecule is CC#CCCC(NCC)C12CC3CC(CC(C3)C1)C2. The fourth-order valence-corrected chi connectivity index (χ4v) is 5.82. The average Bonchev–Trinajstić information content (AvgIpc) is 2.36. The maximum absolute atomic E-state index is 3.83. The van der Waals surface area contributed by atoms with Gasteiger partial charge in [-0.1, -0.05) is 6.92 Å². The lowest BCUT2D eigenvalue weighted by Gasteiger charge is -2.59. The summed E-state index contributed by atoms with van der Waals surface area (Å²) < 4.78 is 0. The molecule has 1 heteroatoms. The van der Waals surface area contributed by atoms with Crippen LogP contribution >= 0.6 is 0 Å². The molecule has 0 aromatic rings. The Balaban J connectivity index is 1.74. The zero-order valence-electron chi connectivity index (χ0n) is 12.7. The molecular formula is C18H29N. The van der Waals surface area contributed by atoms with Crippen LogP contribution in [-0.2, 0) is 0 Å². The number of hydrogen-bond donors (Lipinski definition) is 1. The van der Waals surface area contributed by atoms with Crippen LogP contribution in [0.25, 0.3) is 0 Å². The largest absolute Gasteiger partial charge is 0.314 e. The van der Waals surface area contributed by atoms with Crippen molar-refractivity contribution in [3.05, 3.63) is 0 Å². The first-order chi connectivity index (χ1) is 9.25. The molecular weight excluding hydrogens is 230 g/mol. The van der Waals surface area contributed by atoms with Crippen LogP contribution in [0.3, 0.4) is 0 Å². The van der Waals surface area contributed by atoms with Gasteiger partial charge in [-0.25, -0.2) is 0 Å². The summed E-state index contributed by atoms with van der Waals surface area (Å²) in [5.41, 5.74) is 0.639. The minimum absolute atomic E-state index is 0.639. The molecule has 1 N–H and O–H groups in total. The Morgan fingerprint density at radius 3 is 2.16 bits per heavy atom. The van der Waals surface area contributed by atoms with Crippen LogP contribution < -0.4 is 5.32 Å². The minimum Gasteiger partial charge on any atom is -0.314 e. The Labute approximate surface area is 118 Å². The third kappa shape index (κ3) is 2.57. The van der Waals surface area contributed by atoms with Gasteiger partial charge in [0.25, 0.3) is 0 Å². The smallest absolute Gasteiger partial charge is 0.0133 e. The molecule has 0 aromatic carbocycles. The van der Waals surface area contributed by atoms with Gasteiger partial charge in [-0.3, -0.25) is 0 Å². The molecule has 0 saturated heterocycles. The highest BCUT2D eigenvalue weighted by atomic mass is 14.9. The second kappa shape index (κ2) is 5.49. The van der Waals surface area contributed by atoms with Crippen LogP contribution in [0.2, 0.25) is 0 Å². The van der Waals surface area contributed by atoms with Gasteiger partial charge in [-0.05, 0) is 81.6 Å². The molecule has 4 aliphatic rings. The van der Waals surface area contributed by atoms with Gasteiger partial charge in [0.05, 0.1) is 0 Å². The van der Waals surface area contributed by atoms with Gasteiger partial charge in [0, 0.05) is 12.5 Å². The first-order valence-electron chi connectivity index (χ1n) is 8.38. The molecule has 106 valence electrons. The van der Waals surface area contributed by atoms with Crippen molar-refractivity contribution in [3.63, 3.8) is 0 Å². The Morgan fingerprint density at radius 2 is 1.68 bits per heavy atom. The highest BCUT2D eigenvalue weighted by Gasteiger charge is 2.53. The van der Waals surface area contributed by atoms with E-state index in [1.54, 1.807) is 19.3 Å². The molecule has 4 rings (SSSR count). The van der Waals surface area contributed by atoms with Crippen LogP contribution in [0.15, 0.2) is 0 Å². The molecule has 0 radical (unpaired) electrons. The molecule has 4 fully saturated rings. The van der Waals surface area contributed by atoms with Crippen molar-refractivity contribution in [3.8, 4) is 11.8 Å². The van der Waals surface area contributed by atoms with E-state index in [0.29, 0.717) is 5.41 Å². The predicted octanol–water partition coefficient (Wildman–Crippen LogP) is 3.98. The number of hydrogen-bond acceptors (Lipinski definition) is 1. The van der Waals surface area contributed by atoms with Crippen molar-refractivity contribution in [2.75, 3.05) is 6.54 Å². The van der Waals surface area contributed by atoms with E-state index in [1.165, 1.54) is 25.7 Å². The van der Waals surface area contributed by atoms with E-state index in [0.717, 1.165) is 36.8 Å². The summed E-state index contributed by atoms with van der Waals surface area (Å²) in [6.45, 7) is 5.35. The fourth-order valence-electron chi connectivity index (χ4n) is 5.82. The van der Waals surface area contributed by atoms with Gasteiger partial charge in [-0.2, -0.15) is 0 Å². The van der Waals surface area contributed by atoms with Crippen molar-refractivity contribution >= 4 is 0 Å². The van der Waals surface area contributed by atoms with Gasteiger partial charge < -0.3 is 5.32 Å². The summed E-state index contributed by atoms with van der Waals surface area (Å²) in [4.78, 5) is 0. The van der Waals surface area contributed by atoms with Gasteiger partial charge in [-0.15, -0.1) is 11.8 Å². The molecule has 19 heavy (non-hydrogen) atoms. The fraction of sp³-hybridized carbons (Fsp3) is 0.889. The zero-order valence-corrected chi connectivity index (χ0v) is 12.7. The summed E-state index contributed by atoms with van der Waals surface area (Å²) in [5, 5.41) is 3.83. The molecule has 0 spiro atoms. The van der Waals surface area contributed by atoms with Gasteiger partial charge in [0.1, 0.15) is 0 Å². The Bertz CT molecular complexity index is 338. The lowest BCUT2D eigenvalue weighted by Crippen LogP contribution is -2.55. The van der Waals surface area contributed by atoms with Crippen LogP contribution in [0.4, 0.5) is 0 Å². The average molecular weight is 259 g/mol. The molecule has 1 nitrogen and oxygen atoms in total. The van der Waals surface area contributed by atoms with E-state index >= 15 is 0 Å². The van der Waals surface area contributed by atoms with Crippen LogP contribution in [-0.4, -0.2) is 12.6 Å². The van der Waals surface area contributed by atoms with E-state index in [-0.39, 0.29) is 0 Å². The molecule has 4 bridgehead atoms. The first-order valence-corrected chi connectivity index (χ1v) is 8.38. The van der Waals surface area contributed by atoms with E-state index in [2.05, 4.69) is 24.1 Å². The topological polar surface area (TPSA) is 12.0 Å². The maximum atomic E-state index is 3.83. The Morgan fingerprint density at radius 1 is 1.11 bits per heavy atom. The Kier molecular flexibility index (Phi) is 3.90. The third-order valence-corrected chi connectivity index (χ3v) is 6.01. The molecule has 4 saturated carbocycles. The predicted molar refractivity (Wildman–Crippen MR) is 80.8 cm³/mol. The molecule has 4 aliphatic carbocycles. The van der Waals surface area contributed by atoms with E-state index in [9.17, 15) is 0 Å².